The van der Waals surface area contributed by atoms with Gasteiger partial charge in [0.15, 0.2) is 0 Å². The minimum Gasteiger partial charge on any atom is -0.345 e. The van der Waals surface area contributed by atoms with Crippen LogP contribution in [0.5, 0.6) is 0 Å². The summed E-state index contributed by atoms with van der Waals surface area (Å²) in [5.74, 6) is 0.329. The van der Waals surface area contributed by atoms with E-state index in [0.717, 1.165) is 29.9 Å². The molecule has 1 aromatic carbocycles. The van der Waals surface area contributed by atoms with Gasteiger partial charge >= 0.3 is 0 Å². The van der Waals surface area contributed by atoms with Gasteiger partial charge in [0.2, 0.25) is 17.8 Å². The maximum atomic E-state index is 13.6. The van der Waals surface area contributed by atoms with Crippen LogP contribution < -0.4 is 5.32 Å². The van der Waals surface area contributed by atoms with Gasteiger partial charge < -0.3 is 15.1 Å². The van der Waals surface area contributed by atoms with E-state index < -0.39 is 0 Å². The van der Waals surface area contributed by atoms with Crippen LogP contribution >= 0.6 is 11.3 Å². The zero-order valence-corrected chi connectivity index (χ0v) is 18.1. The number of rotatable bonds is 4. The van der Waals surface area contributed by atoms with Crippen LogP contribution in [0.4, 0.5) is 16.0 Å². The molecule has 0 spiro atoms. The molecule has 0 radical (unpaired) electrons. The fourth-order valence-corrected chi connectivity index (χ4v) is 5.49. The standard InChI is InChI=1S/C22H24FN5O2S/c1-26-12-15(10-18(26)29)20(30)27-7-3-4-14(13-27)19-21-28(8-9-31-21)22(25-19)24-17-6-2-5-16(23)11-17/h2,5-6,8-9,11,14-15H,3-4,7,10,12-13H2,1H3,(H,24,25)/t14-,15-/m0/s1. The Labute approximate surface area is 183 Å². The lowest BCUT2D eigenvalue weighted by molar-refractivity contribution is -0.137. The highest BCUT2D eigenvalue weighted by atomic mass is 32.1. The lowest BCUT2D eigenvalue weighted by Gasteiger charge is -2.33. The number of carbonyl (C=O) groups excluding carboxylic acids is 2. The molecular weight excluding hydrogens is 417 g/mol. The van der Waals surface area contributed by atoms with Crippen molar-refractivity contribution in [2.24, 2.45) is 5.92 Å². The zero-order chi connectivity index (χ0) is 21.5. The fraction of sp³-hybridized carbons (Fsp3) is 0.409. The Morgan fingerprint density at radius 3 is 2.97 bits per heavy atom. The second-order valence-electron chi connectivity index (χ2n) is 8.33. The highest BCUT2D eigenvalue weighted by molar-refractivity contribution is 7.15. The average molecular weight is 442 g/mol. The number of nitrogens with zero attached hydrogens (tertiary/aromatic N) is 4. The molecule has 162 valence electrons. The van der Waals surface area contributed by atoms with Gasteiger partial charge in [-0.05, 0) is 31.0 Å². The van der Waals surface area contributed by atoms with E-state index in [-0.39, 0.29) is 29.5 Å². The molecule has 2 amide bonds. The summed E-state index contributed by atoms with van der Waals surface area (Å²) in [7, 11) is 1.75. The third-order valence-electron chi connectivity index (χ3n) is 6.17. The molecular formula is C22H24FN5O2S. The monoisotopic (exact) mass is 441 g/mol. The number of anilines is 2. The van der Waals surface area contributed by atoms with E-state index >= 15 is 0 Å². The summed E-state index contributed by atoms with van der Waals surface area (Å²) in [5.41, 5.74) is 1.60. The number of hydrogen-bond acceptors (Lipinski definition) is 5. The summed E-state index contributed by atoms with van der Waals surface area (Å²) in [5, 5.41) is 5.22. The predicted octanol–water partition coefficient (Wildman–Crippen LogP) is 3.46. The molecule has 2 aromatic heterocycles. The molecule has 0 bridgehead atoms. The van der Waals surface area contributed by atoms with E-state index in [0.29, 0.717) is 31.1 Å². The fourth-order valence-electron chi connectivity index (χ4n) is 4.58. The first kappa shape index (κ1) is 20.0. The molecule has 0 unspecified atom stereocenters. The van der Waals surface area contributed by atoms with Crippen molar-refractivity contribution in [3.8, 4) is 0 Å². The zero-order valence-electron chi connectivity index (χ0n) is 17.3. The van der Waals surface area contributed by atoms with Crippen molar-refractivity contribution in [3.05, 3.63) is 47.4 Å². The molecule has 2 aliphatic heterocycles. The van der Waals surface area contributed by atoms with Crippen molar-refractivity contribution in [1.29, 1.82) is 0 Å². The molecule has 9 heteroatoms. The highest BCUT2D eigenvalue weighted by Gasteiger charge is 2.37. The number of carbonyl (C=O) groups is 2. The lowest BCUT2D eigenvalue weighted by atomic mass is 9.94. The van der Waals surface area contributed by atoms with Crippen LogP contribution in [-0.2, 0) is 9.59 Å². The summed E-state index contributed by atoms with van der Waals surface area (Å²) >= 11 is 1.61. The minimum absolute atomic E-state index is 0.0365. The Kier molecular flexibility index (Phi) is 5.13. The molecule has 0 saturated carbocycles. The number of likely N-dealkylation sites (tertiary alicyclic amines) is 2. The van der Waals surface area contributed by atoms with Gasteiger partial charge in [0.25, 0.3) is 0 Å². The Morgan fingerprint density at radius 1 is 1.32 bits per heavy atom. The molecule has 2 aliphatic rings. The first-order valence-corrected chi connectivity index (χ1v) is 11.4. The van der Waals surface area contributed by atoms with Gasteiger partial charge in [-0.1, -0.05) is 6.07 Å². The number of piperidine rings is 1. The van der Waals surface area contributed by atoms with Gasteiger partial charge in [-0.3, -0.25) is 14.0 Å². The molecule has 1 N–H and O–H groups in total. The maximum absolute atomic E-state index is 13.6. The average Bonchev–Trinajstić information content (AvgIpc) is 3.45. The molecule has 2 fully saturated rings. The van der Waals surface area contributed by atoms with Crippen LogP contribution in [0.2, 0.25) is 0 Å². The topological polar surface area (TPSA) is 70.0 Å². The van der Waals surface area contributed by atoms with Crippen molar-refractivity contribution in [2.75, 3.05) is 32.0 Å². The Morgan fingerprint density at radius 2 is 2.19 bits per heavy atom. The molecule has 2 atom stereocenters. The molecule has 2 saturated heterocycles. The van der Waals surface area contributed by atoms with E-state index in [1.807, 2.05) is 20.9 Å². The molecule has 5 rings (SSSR count). The van der Waals surface area contributed by atoms with Crippen LogP contribution in [0.1, 0.15) is 30.9 Å². The Bertz CT molecular complexity index is 1140. The molecule has 4 heterocycles. The second-order valence-corrected chi connectivity index (χ2v) is 9.23. The summed E-state index contributed by atoms with van der Waals surface area (Å²) in [4.78, 5) is 34.3. The second kappa shape index (κ2) is 7.96. The van der Waals surface area contributed by atoms with Crippen LogP contribution in [0.15, 0.2) is 35.8 Å². The van der Waals surface area contributed by atoms with Crippen molar-refractivity contribution in [2.45, 2.75) is 25.2 Å². The summed E-state index contributed by atoms with van der Waals surface area (Å²) in [6, 6.07) is 6.31. The number of imidazole rings is 1. The predicted molar refractivity (Wildman–Crippen MR) is 117 cm³/mol. The van der Waals surface area contributed by atoms with Crippen LogP contribution in [-0.4, -0.2) is 57.7 Å². The van der Waals surface area contributed by atoms with E-state index in [2.05, 4.69) is 5.32 Å². The van der Waals surface area contributed by atoms with Gasteiger partial charge in [0.1, 0.15) is 10.6 Å². The summed E-state index contributed by atoms with van der Waals surface area (Å²) in [6.45, 7) is 1.83. The molecule has 31 heavy (non-hydrogen) atoms. The van der Waals surface area contributed by atoms with Crippen molar-refractivity contribution in [1.82, 2.24) is 19.2 Å². The Hall–Kier alpha value is -2.94. The molecule has 0 aliphatic carbocycles. The largest absolute Gasteiger partial charge is 0.345 e. The van der Waals surface area contributed by atoms with Crippen LogP contribution in [0, 0.1) is 11.7 Å². The number of benzene rings is 1. The quantitative estimate of drug-likeness (QED) is 0.673. The molecule has 7 nitrogen and oxygen atoms in total. The van der Waals surface area contributed by atoms with Crippen LogP contribution in [0.25, 0.3) is 4.83 Å². The number of hydrogen-bond donors (Lipinski definition) is 1. The number of halogens is 1. The van der Waals surface area contributed by atoms with Gasteiger partial charge in [-0.25, -0.2) is 9.37 Å². The van der Waals surface area contributed by atoms with Crippen molar-refractivity contribution < 1.29 is 14.0 Å². The Balaban J connectivity index is 1.37. The number of fused-ring (bicyclic) bond motifs is 1. The van der Waals surface area contributed by atoms with Crippen LogP contribution in [0.3, 0.4) is 0 Å². The minimum atomic E-state index is -0.305. The normalized spacial score (nSPS) is 21.8. The first-order chi connectivity index (χ1) is 15.0. The smallest absolute Gasteiger partial charge is 0.228 e. The maximum Gasteiger partial charge on any atom is 0.228 e. The van der Waals surface area contributed by atoms with E-state index in [9.17, 15) is 14.0 Å². The van der Waals surface area contributed by atoms with Gasteiger partial charge in [0.05, 0.1) is 11.6 Å². The third-order valence-corrected chi connectivity index (χ3v) is 7.06. The summed E-state index contributed by atoms with van der Waals surface area (Å²) in [6.07, 6.45) is 4.11. The first-order valence-electron chi connectivity index (χ1n) is 10.5. The SMILES string of the molecule is CN1C[C@@H](C(=O)N2CCC[C@H](c3nc(Nc4cccc(F)c4)n4ccsc34)C2)CC1=O. The van der Waals surface area contributed by atoms with E-state index in [1.165, 1.54) is 12.1 Å². The lowest BCUT2D eigenvalue weighted by Crippen LogP contribution is -2.43. The third kappa shape index (κ3) is 3.78. The highest BCUT2D eigenvalue weighted by Crippen LogP contribution is 2.35. The van der Waals surface area contributed by atoms with E-state index in [1.54, 1.807) is 35.4 Å². The number of amides is 2. The van der Waals surface area contributed by atoms with Gasteiger partial charge in [0, 0.05) is 56.3 Å². The molecule has 3 aromatic rings. The number of nitrogens with one attached hydrogen (secondary N) is 1. The van der Waals surface area contributed by atoms with Gasteiger partial charge in [-0.2, -0.15) is 0 Å². The number of thiazole rings is 1. The van der Waals surface area contributed by atoms with E-state index in [4.69, 9.17) is 4.98 Å². The van der Waals surface area contributed by atoms with Crippen molar-refractivity contribution >= 4 is 39.6 Å². The summed E-state index contributed by atoms with van der Waals surface area (Å²) < 4.78 is 15.6. The van der Waals surface area contributed by atoms with Crippen molar-refractivity contribution in [3.63, 3.8) is 0 Å². The van der Waals surface area contributed by atoms with Gasteiger partial charge in [-0.15, -0.1) is 11.3 Å². The number of aromatic nitrogens is 2.